The number of allylic oxidation sites excluding steroid dienone is 1. The van der Waals surface area contributed by atoms with E-state index < -0.39 is 70.8 Å². The second kappa shape index (κ2) is 6.85. The Kier molecular flexibility index (Phi) is 4.70. The van der Waals surface area contributed by atoms with Crippen LogP contribution in [-0.2, 0) is 23.9 Å². The third kappa shape index (κ3) is 2.54. The Labute approximate surface area is 195 Å². The van der Waals surface area contributed by atoms with Crippen molar-refractivity contribution in [3.63, 3.8) is 0 Å². The number of hydrogen-bond acceptors (Lipinski definition) is 6. The Hall–Kier alpha value is -2.39. The van der Waals surface area contributed by atoms with E-state index >= 15 is 4.39 Å². The number of carbonyl (C=O) groups is 4. The summed E-state index contributed by atoms with van der Waals surface area (Å²) in [5.74, 6) is -4.20. The molecule has 0 aromatic rings. The van der Waals surface area contributed by atoms with Crippen molar-refractivity contribution < 1.29 is 43.6 Å². The number of ether oxygens (including phenoxy) is 1. The summed E-state index contributed by atoms with van der Waals surface area (Å²) in [4.78, 5) is 48.8. The number of rotatable bonds is 5. The molecule has 0 radical (unpaired) electrons. The summed E-state index contributed by atoms with van der Waals surface area (Å²) in [5.41, 5.74) is -4.57. The smallest absolute Gasteiger partial charge is 0.307 e. The maximum Gasteiger partial charge on any atom is 0.307 e. The van der Waals surface area contributed by atoms with Crippen molar-refractivity contribution in [3.8, 4) is 0 Å². The van der Waals surface area contributed by atoms with Crippen LogP contribution in [0.4, 0.5) is 4.39 Å². The Morgan fingerprint density at radius 2 is 1.79 bits per heavy atom. The standard InChI is InChI=1S/C25H29FO8/c1-11(27)24(33)5-4-13-15-7-17(26)16-8-18(28)12(6-20(29)30)14(9-21(31)32)23(16,3)25(15)19(34-25)10-22(13,24)2/h8,13,15,17,19,33H,4-7,9-10H2,1-3H3,(H,29,30)(H,31,32)/t13-,15-,17-,19-,22-,23-,24-,25+/m0/s1. The molecule has 4 aliphatic carbocycles. The molecule has 1 heterocycles. The Morgan fingerprint density at radius 3 is 2.38 bits per heavy atom. The van der Waals surface area contributed by atoms with E-state index in [-0.39, 0.29) is 41.3 Å². The largest absolute Gasteiger partial charge is 0.481 e. The molecule has 3 N–H and O–H groups in total. The lowest BCUT2D eigenvalue weighted by Gasteiger charge is -2.57. The Balaban J connectivity index is 1.69. The van der Waals surface area contributed by atoms with Crippen LogP contribution < -0.4 is 0 Å². The van der Waals surface area contributed by atoms with Crippen molar-refractivity contribution >= 4 is 23.5 Å². The normalized spacial score (nSPS) is 46.6. The van der Waals surface area contributed by atoms with Crippen LogP contribution in [0.5, 0.6) is 0 Å². The van der Waals surface area contributed by atoms with Gasteiger partial charge in [-0.25, -0.2) is 4.39 Å². The molecule has 0 aromatic carbocycles. The maximum atomic E-state index is 15.8. The van der Waals surface area contributed by atoms with E-state index in [0.717, 1.165) is 6.08 Å². The van der Waals surface area contributed by atoms with Gasteiger partial charge in [0.25, 0.3) is 0 Å². The first-order valence-electron chi connectivity index (χ1n) is 11.7. The third-order valence-electron chi connectivity index (χ3n) is 9.93. The number of fused-ring (bicyclic) bond motifs is 3. The lowest BCUT2D eigenvalue weighted by atomic mass is 9.44. The van der Waals surface area contributed by atoms with Crippen molar-refractivity contribution in [1.29, 1.82) is 0 Å². The summed E-state index contributed by atoms with van der Waals surface area (Å²) in [6, 6.07) is 0. The van der Waals surface area contributed by atoms with E-state index in [1.54, 1.807) is 6.92 Å². The number of alkyl halides is 1. The molecule has 1 saturated heterocycles. The number of ketones is 2. The van der Waals surface area contributed by atoms with Gasteiger partial charge in [-0.3, -0.25) is 19.2 Å². The number of carboxylic acid groups (broad SMARTS) is 2. The summed E-state index contributed by atoms with van der Waals surface area (Å²) in [6.45, 7) is 4.90. The summed E-state index contributed by atoms with van der Waals surface area (Å²) < 4.78 is 22.2. The maximum absolute atomic E-state index is 15.8. The first-order chi connectivity index (χ1) is 15.7. The highest BCUT2D eigenvalue weighted by molar-refractivity contribution is 6.09. The average Bonchev–Trinajstić information content (AvgIpc) is 3.38. The van der Waals surface area contributed by atoms with Gasteiger partial charge in [0, 0.05) is 16.4 Å². The Bertz CT molecular complexity index is 1110. The molecule has 0 amide bonds. The molecule has 8 atom stereocenters. The highest BCUT2D eigenvalue weighted by Crippen LogP contribution is 2.77. The molecule has 9 heteroatoms. The van der Waals surface area contributed by atoms with E-state index in [1.165, 1.54) is 6.92 Å². The van der Waals surface area contributed by atoms with E-state index in [0.29, 0.717) is 12.8 Å². The quantitative estimate of drug-likeness (QED) is 0.514. The van der Waals surface area contributed by atoms with Crippen LogP contribution in [0.2, 0.25) is 0 Å². The molecule has 5 rings (SSSR count). The number of carboxylic acids is 2. The van der Waals surface area contributed by atoms with Gasteiger partial charge in [0.1, 0.15) is 17.4 Å². The zero-order chi connectivity index (χ0) is 25.0. The second-order valence-electron chi connectivity index (χ2n) is 11.1. The van der Waals surface area contributed by atoms with Gasteiger partial charge in [0.2, 0.25) is 0 Å². The van der Waals surface area contributed by atoms with Crippen molar-refractivity contribution in [2.45, 2.75) is 82.8 Å². The van der Waals surface area contributed by atoms with Crippen molar-refractivity contribution in [2.24, 2.45) is 22.7 Å². The zero-order valence-electron chi connectivity index (χ0n) is 19.4. The number of aliphatic hydroxyl groups is 1. The molecule has 1 spiro atoms. The molecule has 1 aliphatic heterocycles. The number of epoxide rings is 1. The molecule has 5 aliphatic rings. The van der Waals surface area contributed by atoms with Gasteiger partial charge in [0.15, 0.2) is 11.6 Å². The van der Waals surface area contributed by atoms with Gasteiger partial charge >= 0.3 is 11.9 Å². The molecule has 0 aromatic heterocycles. The van der Waals surface area contributed by atoms with Crippen molar-refractivity contribution in [2.75, 3.05) is 0 Å². The number of Topliss-reactive ketones (excluding diaryl/α,β-unsaturated/α-hetero) is 1. The average molecular weight is 476 g/mol. The summed E-state index contributed by atoms with van der Waals surface area (Å²) in [7, 11) is 0. The van der Waals surface area contributed by atoms with E-state index in [2.05, 4.69) is 0 Å². The van der Waals surface area contributed by atoms with Gasteiger partial charge in [-0.2, -0.15) is 0 Å². The van der Waals surface area contributed by atoms with Gasteiger partial charge in [-0.1, -0.05) is 6.92 Å². The summed E-state index contributed by atoms with van der Waals surface area (Å²) in [6.07, 6.45) is -1.01. The number of aliphatic carboxylic acids is 2. The third-order valence-corrected chi connectivity index (χ3v) is 9.93. The number of halogens is 1. The molecule has 184 valence electrons. The van der Waals surface area contributed by atoms with Crippen LogP contribution in [0.25, 0.3) is 0 Å². The molecule has 8 nitrogen and oxygen atoms in total. The summed E-state index contributed by atoms with van der Waals surface area (Å²) in [5, 5.41) is 30.4. The molecule has 3 saturated carbocycles. The van der Waals surface area contributed by atoms with Crippen LogP contribution in [-0.4, -0.2) is 62.3 Å². The van der Waals surface area contributed by atoms with Crippen LogP contribution >= 0.6 is 0 Å². The summed E-state index contributed by atoms with van der Waals surface area (Å²) >= 11 is 0. The lowest BCUT2D eigenvalue weighted by Crippen LogP contribution is -2.63. The van der Waals surface area contributed by atoms with Crippen LogP contribution in [0.3, 0.4) is 0 Å². The van der Waals surface area contributed by atoms with Gasteiger partial charge in [0.05, 0.1) is 18.9 Å². The minimum Gasteiger partial charge on any atom is -0.481 e. The fraction of sp³-hybridized carbons (Fsp3) is 0.680. The van der Waals surface area contributed by atoms with Gasteiger partial charge in [-0.15, -0.1) is 0 Å². The monoisotopic (exact) mass is 476 g/mol. The first kappa shape index (κ1) is 23.4. The SMILES string of the molecule is CC(=O)[C@@]1(O)CC[C@H]2[C@@H]3C[C@H](F)C4=CC(=O)C(CC(=O)O)=C(CC(=O)O)[C@]4(C)[C@@]34O[C@H]4C[C@@]21C. The van der Waals surface area contributed by atoms with E-state index in [4.69, 9.17) is 4.74 Å². The predicted molar refractivity (Wildman–Crippen MR) is 114 cm³/mol. The van der Waals surface area contributed by atoms with Gasteiger partial charge < -0.3 is 20.1 Å². The minimum atomic E-state index is -1.56. The molecular weight excluding hydrogens is 447 g/mol. The molecule has 4 fully saturated rings. The topological polar surface area (TPSA) is 142 Å². The number of hydrogen-bond donors (Lipinski definition) is 3. The van der Waals surface area contributed by atoms with Crippen LogP contribution in [0.1, 0.15) is 59.3 Å². The van der Waals surface area contributed by atoms with E-state index in [1.807, 2.05) is 6.92 Å². The molecule has 0 unspecified atom stereocenters. The fourth-order valence-corrected chi connectivity index (χ4v) is 8.37. The van der Waals surface area contributed by atoms with E-state index in [9.17, 15) is 34.5 Å². The lowest BCUT2D eigenvalue weighted by molar-refractivity contribution is -0.155. The van der Waals surface area contributed by atoms with Crippen molar-refractivity contribution in [1.82, 2.24) is 0 Å². The first-order valence-corrected chi connectivity index (χ1v) is 11.7. The van der Waals surface area contributed by atoms with Crippen LogP contribution in [0.15, 0.2) is 22.8 Å². The molecule has 34 heavy (non-hydrogen) atoms. The second-order valence-corrected chi connectivity index (χ2v) is 11.1. The van der Waals surface area contributed by atoms with Gasteiger partial charge in [-0.05, 0) is 68.6 Å². The highest BCUT2D eigenvalue weighted by atomic mass is 19.1. The van der Waals surface area contributed by atoms with Crippen molar-refractivity contribution in [3.05, 3.63) is 22.8 Å². The predicted octanol–water partition coefficient (Wildman–Crippen LogP) is 2.38. The van der Waals surface area contributed by atoms with Crippen LogP contribution in [0, 0.1) is 22.7 Å². The molecular formula is C25H29FO8. The number of carbonyl (C=O) groups excluding carboxylic acids is 2. The highest BCUT2D eigenvalue weighted by Gasteiger charge is 2.83. The Morgan fingerprint density at radius 1 is 1.15 bits per heavy atom. The fourth-order valence-electron chi connectivity index (χ4n) is 8.37. The zero-order valence-corrected chi connectivity index (χ0v) is 19.4. The minimum absolute atomic E-state index is 0.0358. The molecule has 0 bridgehead atoms.